The van der Waals surface area contributed by atoms with Gasteiger partial charge in [-0.2, -0.15) is 0 Å². The van der Waals surface area contributed by atoms with Crippen molar-refractivity contribution >= 4 is 40.7 Å². The maximum absolute atomic E-state index is 11.7. The van der Waals surface area contributed by atoms with Crippen molar-refractivity contribution in [1.82, 2.24) is 5.32 Å². The highest BCUT2D eigenvalue weighted by Crippen LogP contribution is 2.37. The van der Waals surface area contributed by atoms with Gasteiger partial charge in [0.05, 0.1) is 17.4 Å². The van der Waals surface area contributed by atoms with Crippen LogP contribution in [-0.4, -0.2) is 47.0 Å². The summed E-state index contributed by atoms with van der Waals surface area (Å²) in [5, 5.41) is 3.09. The molecule has 112 valence electrons. The number of nitrogens with two attached hydrogens (primary N) is 1. The van der Waals surface area contributed by atoms with E-state index in [1.165, 1.54) is 0 Å². The summed E-state index contributed by atoms with van der Waals surface area (Å²) in [6.45, 7) is 2.14. The Bertz CT molecular complexity index is 342. The normalized spacial score (nSPS) is 27.2. The van der Waals surface area contributed by atoms with Gasteiger partial charge in [-0.05, 0) is 25.7 Å². The Labute approximate surface area is 134 Å². The van der Waals surface area contributed by atoms with Gasteiger partial charge in [-0.1, -0.05) is 6.42 Å². The Morgan fingerprint density at radius 3 is 2.74 bits per heavy atom. The highest BCUT2D eigenvalue weighted by Gasteiger charge is 2.40. The third-order valence-corrected chi connectivity index (χ3v) is 5.70. The first-order valence-electron chi connectivity index (χ1n) is 6.61. The Hall–Kier alpha value is 0.110. The third-order valence-electron chi connectivity index (χ3n) is 3.95. The van der Waals surface area contributed by atoms with Gasteiger partial charge in [0, 0.05) is 30.2 Å². The minimum Gasteiger partial charge on any atom is -0.376 e. The van der Waals surface area contributed by atoms with Gasteiger partial charge in [0.15, 0.2) is 5.96 Å². The maximum atomic E-state index is 11.7. The zero-order valence-corrected chi connectivity index (χ0v) is 14.5. The van der Waals surface area contributed by atoms with Crippen LogP contribution < -0.4 is 11.1 Å². The van der Waals surface area contributed by atoms with Crippen LogP contribution in [0.25, 0.3) is 0 Å². The number of guanidine groups is 1. The lowest BCUT2D eigenvalue weighted by Gasteiger charge is -2.38. The Kier molecular flexibility index (Phi) is 7.02. The first-order chi connectivity index (χ1) is 8.62. The highest BCUT2D eigenvalue weighted by molar-refractivity contribution is 14.0. The molecule has 2 rings (SSSR count). The van der Waals surface area contributed by atoms with E-state index >= 15 is 0 Å². The molecule has 0 spiro atoms. The molecular weight excluding hydrogens is 377 g/mol. The van der Waals surface area contributed by atoms with E-state index in [4.69, 9.17) is 10.5 Å². The van der Waals surface area contributed by atoms with E-state index in [0.29, 0.717) is 12.5 Å². The molecule has 1 aliphatic carbocycles. The SMILES string of the molecule is CS(=O)C1(CN=C(N)NCC2CCCO2)CCC1.I. The van der Waals surface area contributed by atoms with Crippen molar-refractivity contribution in [2.45, 2.75) is 43.0 Å². The van der Waals surface area contributed by atoms with Crippen molar-refractivity contribution in [3.8, 4) is 0 Å². The second-order valence-electron chi connectivity index (χ2n) is 5.21. The molecule has 1 saturated carbocycles. The number of ether oxygens (including phenoxy) is 1. The second kappa shape index (κ2) is 7.78. The quantitative estimate of drug-likeness (QED) is 0.409. The minimum absolute atomic E-state index is 0. The molecular formula is C12H24IN3O2S. The summed E-state index contributed by atoms with van der Waals surface area (Å²) in [5.74, 6) is 0.447. The number of nitrogens with one attached hydrogen (secondary N) is 1. The highest BCUT2D eigenvalue weighted by atomic mass is 127. The van der Waals surface area contributed by atoms with Crippen molar-refractivity contribution in [2.24, 2.45) is 10.7 Å². The largest absolute Gasteiger partial charge is 0.376 e. The topological polar surface area (TPSA) is 76.7 Å². The van der Waals surface area contributed by atoms with Gasteiger partial charge in [-0.3, -0.25) is 9.20 Å². The summed E-state index contributed by atoms with van der Waals surface area (Å²) in [4.78, 5) is 4.34. The molecule has 5 nitrogen and oxygen atoms in total. The van der Waals surface area contributed by atoms with E-state index in [-0.39, 0.29) is 34.8 Å². The number of rotatable bonds is 5. The van der Waals surface area contributed by atoms with Crippen LogP contribution in [0.5, 0.6) is 0 Å². The first kappa shape index (κ1) is 17.2. The van der Waals surface area contributed by atoms with Crippen molar-refractivity contribution in [2.75, 3.05) is 26.0 Å². The van der Waals surface area contributed by atoms with Gasteiger partial charge < -0.3 is 15.8 Å². The molecule has 0 bridgehead atoms. The summed E-state index contributed by atoms with van der Waals surface area (Å²) in [7, 11) is -0.820. The number of halogens is 1. The van der Waals surface area contributed by atoms with Crippen LogP contribution in [0.1, 0.15) is 32.1 Å². The molecule has 2 atom stereocenters. The van der Waals surface area contributed by atoms with E-state index in [9.17, 15) is 4.21 Å². The van der Waals surface area contributed by atoms with Gasteiger partial charge in [-0.25, -0.2) is 0 Å². The van der Waals surface area contributed by atoms with E-state index in [1.807, 2.05) is 0 Å². The number of hydrogen-bond acceptors (Lipinski definition) is 3. The maximum Gasteiger partial charge on any atom is 0.188 e. The van der Waals surface area contributed by atoms with E-state index in [0.717, 1.165) is 45.3 Å². The van der Waals surface area contributed by atoms with Crippen LogP contribution in [-0.2, 0) is 15.5 Å². The second-order valence-corrected chi connectivity index (χ2v) is 6.98. The van der Waals surface area contributed by atoms with E-state index in [2.05, 4.69) is 10.3 Å². The van der Waals surface area contributed by atoms with Crippen molar-refractivity contribution < 1.29 is 8.95 Å². The molecule has 2 unspecified atom stereocenters. The lowest BCUT2D eigenvalue weighted by Crippen LogP contribution is -2.45. The fourth-order valence-electron chi connectivity index (χ4n) is 2.42. The average Bonchev–Trinajstić information content (AvgIpc) is 2.77. The summed E-state index contributed by atoms with van der Waals surface area (Å²) in [6, 6.07) is 0. The summed E-state index contributed by atoms with van der Waals surface area (Å²) in [5.41, 5.74) is 5.82. The van der Waals surface area contributed by atoms with Crippen LogP contribution in [0.3, 0.4) is 0 Å². The Morgan fingerprint density at radius 1 is 1.53 bits per heavy atom. The van der Waals surface area contributed by atoms with Crippen molar-refractivity contribution in [1.29, 1.82) is 0 Å². The fraction of sp³-hybridized carbons (Fsp3) is 0.917. The first-order valence-corrected chi connectivity index (χ1v) is 8.17. The zero-order chi connectivity index (χ0) is 13.0. The average molecular weight is 401 g/mol. The van der Waals surface area contributed by atoms with Gasteiger partial charge in [0.1, 0.15) is 0 Å². The predicted octanol–water partition coefficient (Wildman–Crippen LogP) is 0.989. The smallest absolute Gasteiger partial charge is 0.188 e. The molecule has 2 aliphatic rings. The molecule has 7 heteroatoms. The molecule has 1 aliphatic heterocycles. The van der Waals surface area contributed by atoms with Gasteiger partial charge in [0.25, 0.3) is 0 Å². The van der Waals surface area contributed by atoms with Crippen LogP contribution in [0.4, 0.5) is 0 Å². The fourth-order valence-corrected chi connectivity index (χ4v) is 3.53. The molecule has 1 saturated heterocycles. The number of nitrogens with zero attached hydrogens (tertiary/aromatic N) is 1. The zero-order valence-electron chi connectivity index (χ0n) is 11.4. The standard InChI is InChI=1S/C12H23N3O2S.HI/c1-18(16)12(5-3-6-12)9-15-11(13)14-8-10-4-2-7-17-10;/h10H,2-9H2,1H3,(H3,13,14,15);1H. The molecule has 0 aromatic heterocycles. The van der Waals surface area contributed by atoms with Crippen molar-refractivity contribution in [3.63, 3.8) is 0 Å². The molecule has 2 fully saturated rings. The summed E-state index contributed by atoms with van der Waals surface area (Å²) < 4.78 is 17.1. The van der Waals surface area contributed by atoms with E-state index < -0.39 is 10.8 Å². The third kappa shape index (κ3) is 4.56. The summed E-state index contributed by atoms with van der Waals surface area (Å²) >= 11 is 0. The molecule has 0 aromatic rings. The van der Waals surface area contributed by atoms with Crippen LogP contribution in [0.2, 0.25) is 0 Å². The van der Waals surface area contributed by atoms with Gasteiger partial charge in [0.2, 0.25) is 0 Å². The van der Waals surface area contributed by atoms with E-state index in [1.54, 1.807) is 6.26 Å². The number of hydrogen-bond donors (Lipinski definition) is 2. The van der Waals surface area contributed by atoms with Crippen LogP contribution in [0.15, 0.2) is 4.99 Å². The molecule has 0 amide bonds. The molecule has 0 aromatic carbocycles. The molecule has 1 heterocycles. The Balaban J connectivity index is 0.00000180. The molecule has 0 radical (unpaired) electrons. The lowest BCUT2D eigenvalue weighted by molar-refractivity contribution is 0.114. The van der Waals surface area contributed by atoms with Crippen LogP contribution in [0, 0.1) is 0 Å². The number of aliphatic imine (C=N–C) groups is 1. The summed E-state index contributed by atoms with van der Waals surface area (Å²) in [6.07, 6.45) is 7.39. The van der Waals surface area contributed by atoms with Crippen molar-refractivity contribution in [3.05, 3.63) is 0 Å². The molecule has 3 N–H and O–H groups in total. The van der Waals surface area contributed by atoms with Gasteiger partial charge >= 0.3 is 0 Å². The van der Waals surface area contributed by atoms with Gasteiger partial charge in [-0.15, -0.1) is 24.0 Å². The predicted molar refractivity (Wildman–Crippen MR) is 89.5 cm³/mol. The lowest BCUT2D eigenvalue weighted by atomic mass is 9.84. The minimum atomic E-state index is -0.820. The van der Waals surface area contributed by atoms with Crippen LogP contribution >= 0.6 is 24.0 Å². The Morgan fingerprint density at radius 2 is 2.26 bits per heavy atom. The molecule has 19 heavy (non-hydrogen) atoms. The monoisotopic (exact) mass is 401 g/mol.